The largest absolute Gasteiger partial charge is 0.489 e. The fourth-order valence-corrected chi connectivity index (χ4v) is 3.56. The van der Waals surface area contributed by atoms with Crippen LogP contribution >= 0.6 is 0 Å². The van der Waals surface area contributed by atoms with Gasteiger partial charge in [0.15, 0.2) is 5.82 Å². The van der Waals surface area contributed by atoms with E-state index in [1.54, 1.807) is 22.9 Å². The number of carbonyl (C=O) groups is 1. The molecular weight excluding hydrogens is 370 g/mol. The molecule has 1 aliphatic rings. The molecule has 0 saturated carbocycles. The van der Waals surface area contributed by atoms with Crippen molar-refractivity contribution in [1.82, 2.24) is 20.0 Å². The molecule has 8 heteroatoms. The second-order valence-electron chi connectivity index (χ2n) is 6.64. The molecule has 0 saturated heterocycles. The quantitative estimate of drug-likeness (QED) is 0.650. The summed E-state index contributed by atoms with van der Waals surface area (Å²) in [6.07, 6.45) is 2.00. The van der Waals surface area contributed by atoms with Crippen molar-refractivity contribution in [2.75, 3.05) is 19.0 Å². The molecule has 0 aliphatic carbocycles. The summed E-state index contributed by atoms with van der Waals surface area (Å²) in [7, 11) is 1.53. The van der Waals surface area contributed by atoms with E-state index in [1.165, 1.54) is 7.11 Å². The molecule has 4 rings (SSSR count). The summed E-state index contributed by atoms with van der Waals surface area (Å²) >= 11 is 0. The molecule has 148 valence electrons. The number of aryl methyl sites for hydroxylation is 1. The Bertz CT molecular complexity index is 1060. The lowest BCUT2D eigenvalue weighted by atomic mass is 9.85. The van der Waals surface area contributed by atoms with Crippen LogP contribution in [-0.2, 0) is 4.79 Å². The molecule has 29 heavy (non-hydrogen) atoms. The number of methoxy groups -OCH3 is 1. The van der Waals surface area contributed by atoms with Crippen LogP contribution in [0.15, 0.2) is 49.1 Å². The molecule has 0 unspecified atom stereocenters. The first-order valence-electron chi connectivity index (χ1n) is 9.22. The number of anilines is 1. The minimum atomic E-state index is -0.181. The molecule has 1 N–H and O–H groups in total. The fraction of sp³-hybridized carbons (Fsp3) is 0.238. The minimum absolute atomic E-state index is 0.0938. The maximum absolute atomic E-state index is 12.6. The van der Waals surface area contributed by atoms with Crippen LogP contribution in [0.2, 0.25) is 0 Å². The number of nitrogens with zero attached hydrogens (tertiary/aromatic N) is 4. The van der Waals surface area contributed by atoms with E-state index < -0.39 is 0 Å². The maximum Gasteiger partial charge on any atom is 0.233 e. The third-order valence-corrected chi connectivity index (χ3v) is 4.81. The van der Waals surface area contributed by atoms with Gasteiger partial charge in [-0.1, -0.05) is 30.9 Å². The zero-order chi connectivity index (χ0) is 20.4. The summed E-state index contributed by atoms with van der Waals surface area (Å²) < 4.78 is 12.5. The number of fused-ring (bicyclic) bond motifs is 1. The summed E-state index contributed by atoms with van der Waals surface area (Å²) in [5, 5.41) is 15.7. The van der Waals surface area contributed by atoms with Crippen molar-refractivity contribution in [3.8, 4) is 17.4 Å². The molecular formula is C21H21N5O3. The molecule has 0 bridgehead atoms. The van der Waals surface area contributed by atoms with Crippen molar-refractivity contribution in [2.24, 2.45) is 0 Å². The number of para-hydroxylation sites is 1. The van der Waals surface area contributed by atoms with E-state index in [-0.39, 0.29) is 11.8 Å². The lowest BCUT2D eigenvalue weighted by Gasteiger charge is -2.25. The second-order valence-corrected chi connectivity index (χ2v) is 6.64. The molecule has 1 amide bonds. The van der Waals surface area contributed by atoms with Gasteiger partial charge in [0.05, 0.1) is 12.8 Å². The monoisotopic (exact) mass is 391 g/mol. The highest BCUT2D eigenvalue weighted by Crippen LogP contribution is 2.42. The van der Waals surface area contributed by atoms with E-state index in [1.807, 2.05) is 31.2 Å². The highest BCUT2D eigenvalue weighted by molar-refractivity contribution is 5.95. The summed E-state index contributed by atoms with van der Waals surface area (Å²) in [5.41, 5.74) is 2.69. The van der Waals surface area contributed by atoms with Crippen molar-refractivity contribution >= 4 is 11.7 Å². The average Bonchev–Trinajstić information content (AvgIpc) is 3.08. The highest BCUT2D eigenvalue weighted by atomic mass is 16.5. The number of nitrogens with one attached hydrogen (secondary N) is 1. The lowest BCUT2D eigenvalue weighted by molar-refractivity contribution is -0.116. The van der Waals surface area contributed by atoms with Gasteiger partial charge < -0.3 is 14.8 Å². The molecule has 0 spiro atoms. The Kier molecular flexibility index (Phi) is 4.99. The normalized spacial score (nSPS) is 15.4. The number of aromatic nitrogens is 4. The molecule has 1 aliphatic heterocycles. The van der Waals surface area contributed by atoms with Crippen molar-refractivity contribution in [3.63, 3.8) is 0 Å². The Morgan fingerprint density at radius 1 is 1.28 bits per heavy atom. The number of hydrogen-bond donors (Lipinski definition) is 1. The van der Waals surface area contributed by atoms with Crippen LogP contribution in [0.4, 0.5) is 5.82 Å². The van der Waals surface area contributed by atoms with Gasteiger partial charge >= 0.3 is 0 Å². The minimum Gasteiger partial charge on any atom is -0.489 e. The van der Waals surface area contributed by atoms with Crippen LogP contribution in [0, 0.1) is 6.92 Å². The van der Waals surface area contributed by atoms with Crippen LogP contribution in [0.1, 0.15) is 29.2 Å². The van der Waals surface area contributed by atoms with Gasteiger partial charge in [-0.15, -0.1) is 10.2 Å². The lowest BCUT2D eigenvalue weighted by Crippen LogP contribution is -2.25. The van der Waals surface area contributed by atoms with Gasteiger partial charge in [-0.25, -0.2) is 0 Å². The van der Waals surface area contributed by atoms with Crippen LogP contribution in [0.25, 0.3) is 5.82 Å². The van der Waals surface area contributed by atoms with E-state index >= 15 is 0 Å². The number of rotatable bonds is 6. The number of hydrogen-bond acceptors (Lipinski definition) is 6. The van der Waals surface area contributed by atoms with Gasteiger partial charge in [0, 0.05) is 29.5 Å². The van der Waals surface area contributed by atoms with E-state index in [0.29, 0.717) is 30.5 Å². The second kappa shape index (κ2) is 7.75. The van der Waals surface area contributed by atoms with Gasteiger partial charge in [0.25, 0.3) is 0 Å². The molecule has 0 radical (unpaired) electrons. The predicted molar refractivity (Wildman–Crippen MR) is 108 cm³/mol. The van der Waals surface area contributed by atoms with Crippen LogP contribution in [-0.4, -0.2) is 39.6 Å². The molecule has 0 fully saturated rings. The Morgan fingerprint density at radius 3 is 2.83 bits per heavy atom. The molecule has 1 atom stereocenters. The number of carbonyl (C=O) groups excluding carboxylic acids is 1. The van der Waals surface area contributed by atoms with Gasteiger partial charge in [0.2, 0.25) is 11.8 Å². The third-order valence-electron chi connectivity index (χ3n) is 4.81. The maximum atomic E-state index is 12.6. The zero-order valence-electron chi connectivity index (χ0n) is 16.3. The van der Waals surface area contributed by atoms with Gasteiger partial charge in [-0.3, -0.25) is 4.79 Å². The Morgan fingerprint density at radius 2 is 2.10 bits per heavy atom. The van der Waals surface area contributed by atoms with Gasteiger partial charge in [-0.05, 0) is 19.1 Å². The summed E-state index contributed by atoms with van der Waals surface area (Å²) in [4.78, 5) is 12.6. The fourth-order valence-electron chi connectivity index (χ4n) is 3.56. The van der Waals surface area contributed by atoms with Crippen molar-refractivity contribution in [2.45, 2.75) is 19.3 Å². The summed E-state index contributed by atoms with van der Waals surface area (Å²) in [6, 6.07) is 11.2. The van der Waals surface area contributed by atoms with Crippen molar-refractivity contribution in [1.29, 1.82) is 0 Å². The summed E-state index contributed by atoms with van der Waals surface area (Å²) in [5.74, 6) is 1.95. The van der Waals surface area contributed by atoms with E-state index in [0.717, 1.165) is 22.6 Å². The first kappa shape index (κ1) is 18.7. The molecule has 3 heterocycles. The van der Waals surface area contributed by atoms with Gasteiger partial charge in [-0.2, -0.15) is 9.78 Å². The Labute approximate surface area is 168 Å². The number of benzene rings is 1. The molecule has 2 aromatic heterocycles. The Hall–Kier alpha value is -3.68. The summed E-state index contributed by atoms with van der Waals surface area (Å²) in [6.45, 7) is 6.02. The number of ether oxygens (including phenoxy) is 2. The highest BCUT2D eigenvalue weighted by Gasteiger charge is 2.34. The van der Waals surface area contributed by atoms with Crippen LogP contribution in [0.5, 0.6) is 11.6 Å². The first-order valence-corrected chi connectivity index (χ1v) is 9.22. The SMILES string of the molecule is C=CCOc1ccccc1[C@H]1CC(=O)Nc2c1c(C)nn2-c1ccc(OC)nn1. The smallest absolute Gasteiger partial charge is 0.233 e. The standard InChI is InChI=1S/C21H21N5O3/c1-4-11-29-16-8-6-5-7-14(16)15-12-18(27)22-21-20(15)13(2)25-26(21)17-9-10-19(28-3)24-23-17/h4-10,15H,1,11-12H2,2-3H3,(H,22,27)/t15-/m1/s1. The van der Waals surface area contributed by atoms with E-state index in [4.69, 9.17) is 9.47 Å². The van der Waals surface area contributed by atoms with Crippen molar-refractivity contribution in [3.05, 3.63) is 65.9 Å². The number of amides is 1. The zero-order valence-corrected chi connectivity index (χ0v) is 16.3. The van der Waals surface area contributed by atoms with E-state index in [2.05, 4.69) is 27.2 Å². The predicted octanol–water partition coefficient (Wildman–Crippen LogP) is 3.02. The van der Waals surface area contributed by atoms with Crippen molar-refractivity contribution < 1.29 is 14.3 Å². The third kappa shape index (κ3) is 3.44. The molecule has 3 aromatic rings. The molecule has 1 aromatic carbocycles. The van der Waals surface area contributed by atoms with Crippen LogP contribution < -0.4 is 14.8 Å². The topological polar surface area (TPSA) is 91.2 Å². The molecule has 8 nitrogen and oxygen atoms in total. The Balaban J connectivity index is 1.81. The van der Waals surface area contributed by atoms with Crippen LogP contribution in [0.3, 0.4) is 0 Å². The average molecular weight is 391 g/mol. The van der Waals surface area contributed by atoms with E-state index in [9.17, 15) is 4.79 Å². The first-order chi connectivity index (χ1) is 14.1. The van der Waals surface area contributed by atoms with Gasteiger partial charge in [0.1, 0.15) is 18.2 Å².